The molecule has 0 aromatic heterocycles. The van der Waals surface area contributed by atoms with Gasteiger partial charge in [0.25, 0.3) is 0 Å². The molecule has 0 saturated heterocycles. The summed E-state index contributed by atoms with van der Waals surface area (Å²) in [5.74, 6) is 0. The Labute approximate surface area is 141 Å². The molecule has 0 aromatic carbocycles. The van der Waals surface area contributed by atoms with E-state index in [-0.39, 0.29) is 41.7 Å². The summed E-state index contributed by atoms with van der Waals surface area (Å²) in [5.41, 5.74) is 0. The molecule has 0 unspecified atom stereocenters. The second-order valence-corrected chi connectivity index (χ2v) is 2.89. The molecule has 17 heavy (non-hydrogen) atoms. The van der Waals surface area contributed by atoms with Crippen molar-refractivity contribution in [3.8, 4) is 0 Å². The maximum absolute atomic E-state index is 7.88. The molecule has 0 fully saturated rings. The van der Waals surface area contributed by atoms with Crippen LogP contribution in [0.4, 0.5) is 0 Å². The van der Waals surface area contributed by atoms with E-state index in [4.69, 9.17) is 20.4 Å². The largest absolute Gasteiger partial charge is 0.396 e. The SMILES string of the molecule is CCCO.CCCO.CCCO.CCCO.[Ce]. The molecule has 5 heteroatoms. The normalized spacial score (nSPS) is 7.06. The molecule has 0 aliphatic heterocycles. The van der Waals surface area contributed by atoms with E-state index < -0.39 is 0 Å². The quantitative estimate of drug-likeness (QED) is 0.597. The first-order valence-corrected chi connectivity index (χ1v) is 6.09. The van der Waals surface area contributed by atoms with E-state index in [9.17, 15) is 0 Å². The van der Waals surface area contributed by atoms with Crippen molar-refractivity contribution in [1.29, 1.82) is 0 Å². The van der Waals surface area contributed by atoms with Crippen molar-refractivity contribution >= 4 is 0 Å². The monoisotopic (exact) mass is 380 g/mol. The first-order valence-electron chi connectivity index (χ1n) is 6.09. The van der Waals surface area contributed by atoms with Crippen molar-refractivity contribution in [2.45, 2.75) is 53.4 Å². The summed E-state index contributed by atoms with van der Waals surface area (Å²) in [7, 11) is 0. The standard InChI is InChI=1S/4C3H8O.Ce/c4*1-2-3-4;/h4*4H,2-3H2,1H3;. The van der Waals surface area contributed by atoms with Gasteiger partial charge in [0, 0.05) is 68.2 Å². The predicted molar refractivity (Wildman–Crippen MR) is 69.5 cm³/mol. The van der Waals surface area contributed by atoms with Crippen LogP contribution in [0.5, 0.6) is 0 Å². The van der Waals surface area contributed by atoms with Crippen LogP contribution in [0.25, 0.3) is 0 Å². The third kappa shape index (κ3) is 146. The van der Waals surface area contributed by atoms with Crippen LogP contribution in [0.2, 0.25) is 0 Å². The third-order valence-electron chi connectivity index (χ3n) is 0.894. The van der Waals surface area contributed by atoms with E-state index in [0.717, 1.165) is 25.7 Å². The van der Waals surface area contributed by atoms with Crippen molar-refractivity contribution in [1.82, 2.24) is 0 Å². The molecule has 0 saturated carbocycles. The van der Waals surface area contributed by atoms with Gasteiger partial charge in [-0.2, -0.15) is 0 Å². The molecule has 0 spiro atoms. The van der Waals surface area contributed by atoms with Gasteiger partial charge in [-0.1, -0.05) is 27.7 Å². The molecule has 0 bridgehead atoms. The molecule has 0 amide bonds. The third-order valence-corrected chi connectivity index (χ3v) is 0.894. The zero-order chi connectivity index (χ0) is 13.7. The van der Waals surface area contributed by atoms with Crippen LogP contribution in [0, 0.1) is 41.7 Å². The van der Waals surface area contributed by atoms with Crippen molar-refractivity contribution < 1.29 is 62.2 Å². The molecular weight excluding hydrogens is 348 g/mol. The van der Waals surface area contributed by atoms with Crippen LogP contribution >= 0.6 is 0 Å². The molecule has 0 radical (unpaired) electrons. The van der Waals surface area contributed by atoms with E-state index in [2.05, 4.69) is 0 Å². The minimum atomic E-state index is 0. The summed E-state index contributed by atoms with van der Waals surface area (Å²) in [5, 5.41) is 31.5. The van der Waals surface area contributed by atoms with E-state index in [0.29, 0.717) is 26.4 Å². The van der Waals surface area contributed by atoms with Gasteiger partial charge < -0.3 is 20.4 Å². The number of hydrogen-bond acceptors (Lipinski definition) is 4. The smallest absolute Gasteiger partial charge is 0.0428 e. The predicted octanol–water partition coefficient (Wildman–Crippen LogP) is 1.55. The van der Waals surface area contributed by atoms with Gasteiger partial charge in [0.2, 0.25) is 0 Å². The Morgan fingerprint density at radius 3 is 0.529 bits per heavy atom. The van der Waals surface area contributed by atoms with Gasteiger partial charge >= 0.3 is 0 Å². The Hall–Kier alpha value is 1.22. The molecule has 0 aliphatic rings. The van der Waals surface area contributed by atoms with Gasteiger partial charge in [-0.15, -0.1) is 0 Å². The van der Waals surface area contributed by atoms with Crippen LogP contribution < -0.4 is 0 Å². The summed E-state index contributed by atoms with van der Waals surface area (Å²) in [4.78, 5) is 0. The first-order chi connectivity index (χ1) is 7.66. The zero-order valence-electron chi connectivity index (χ0n) is 11.9. The number of aliphatic hydroxyl groups is 4. The molecule has 0 aliphatic carbocycles. The fourth-order valence-electron chi connectivity index (χ4n) is 0. The van der Waals surface area contributed by atoms with Gasteiger partial charge in [0.05, 0.1) is 0 Å². The van der Waals surface area contributed by atoms with E-state index >= 15 is 0 Å². The molecule has 0 atom stereocenters. The second kappa shape index (κ2) is 53.3. The van der Waals surface area contributed by atoms with Gasteiger partial charge in [-0.05, 0) is 25.7 Å². The molecule has 4 N–H and O–H groups in total. The molecule has 4 nitrogen and oxygen atoms in total. The molecule has 108 valence electrons. The zero-order valence-corrected chi connectivity index (χ0v) is 15.1. The van der Waals surface area contributed by atoms with Crippen LogP contribution in [-0.4, -0.2) is 46.9 Å². The van der Waals surface area contributed by atoms with Crippen molar-refractivity contribution in [2.24, 2.45) is 0 Å². The summed E-state index contributed by atoms with van der Waals surface area (Å²) < 4.78 is 0. The van der Waals surface area contributed by atoms with Gasteiger partial charge in [0.1, 0.15) is 0 Å². The number of aliphatic hydroxyl groups excluding tert-OH is 4. The van der Waals surface area contributed by atoms with Crippen LogP contribution in [0.3, 0.4) is 0 Å². The summed E-state index contributed by atoms with van der Waals surface area (Å²) in [6.45, 7) is 9.00. The fourth-order valence-corrected chi connectivity index (χ4v) is 0. The number of hydrogen-bond donors (Lipinski definition) is 4. The molecule has 0 heterocycles. The minimum Gasteiger partial charge on any atom is -0.396 e. The summed E-state index contributed by atoms with van der Waals surface area (Å²) in [6.07, 6.45) is 3.50. The topological polar surface area (TPSA) is 80.9 Å². The minimum absolute atomic E-state index is 0. The van der Waals surface area contributed by atoms with Gasteiger partial charge in [-0.3, -0.25) is 0 Å². The maximum Gasteiger partial charge on any atom is 0.0428 e. The van der Waals surface area contributed by atoms with Crippen LogP contribution in [-0.2, 0) is 0 Å². The Kier molecular flexibility index (Phi) is 96.9. The van der Waals surface area contributed by atoms with Gasteiger partial charge in [0.15, 0.2) is 0 Å². The summed E-state index contributed by atoms with van der Waals surface area (Å²) in [6, 6.07) is 0. The Balaban J connectivity index is -0.0000000369. The average molecular weight is 380 g/mol. The average Bonchev–Trinajstić information content (AvgIpc) is 2.39. The van der Waals surface area contributed by atoms with E-state index in [1.165, 1.54) is 0 Å². The van der Waals surface area contributed by atoms with E-state index in [1.807, 2.05) is 27.7 Å². The van der Waals surface area contributed by atoms with Gasteiger partial charge in [-0.25, -0.2) is 0 Å². The molecule has 0 aromatic rings. The molecule has 0 rings (SSSR count). The Morgan fingerprint density at radius 1 is 0.471 bits per heavy atom. The fraction of sp³-hybridized carbons (Fsp3) is 1.00. The van der Waals surface area contributed by atoms with Crippen molar-refractivity contribution in [3.63, 3.8) is 0 Å². The van der Waals surface area contributed by atoms with Crippen LogP contribution in [0.1, 0.15) is 53.4 Å². The number of rotatable bonds is 4. The summed E-state index contributed by atoms with van der Waals surface area (Å²) >= 11 is 0. The Bertz CT molecular complexity index is 42.5. The van der Waals surface area contributed by atoms with Crippen LogP contribution in [0.15, 0.2) is 0 Å². The Morgan fingerprint density at radius 2 is 0.529 bits per heavy atom. The van der Waals surface area contributed by atoms with Crippen molar-refractivity contribution in [2.75, 3.05) is 26.4 Å². The van der Waals surface area contributed by atoms with E-state index in [1.54, 1.807) is 0 Å². The maximum atomic E-state index is 7.88. The molecular formula is C12H32CeO4. The first kappa shape index (κ1) is 30.9. The van der Waals surface area contributed by atoms with Crippen molar-refractivity contribution in [3.05, 3.63) is 0 Å². The second-order valence-electron chi connectivity index (χ2n) is 2.89.